The van der Waals surface area contributed by atoms with E-state index in [1.54, 1.807) is 59.1 Å². The first-order valence-electron chi connectivity index (χ1n) is 28.0. The Morgan fingerprint density at radius 2 is 1.63 bits per heavy atom. The van der Waals surface area contributed by atoms with Crippen molar-refractivity contribution in [1.29, 1.82) is 0 Å². The molecule has 5 rings (SSSR count). The van der Waals surface area contributed by atoms with Gasteiger partial charge in [0.2, 0.25) is 5.43 Å². The molecule has 1 aromatic heterocycles. The van der Waals surface area contributed by atoms with E-state index < -0.39 is 119 Å². The summed E-state index contributed by atoms with van der Waals surface area (Å²) >= 11 is 0. The van der Waals surface area contributed by atoms with Crippen LogP contribution in [0.25, 0.3) is 10.9 Å². The molecule has 3 aliphatic heterocycles. The molecule has 0 amide bonds. The van der Waals surface area contributed by atoms with E-state index in [9.17, 15) is 49.9 Å². The third-order valence-corrected chi connectivity index (χ3v) is 16.6. The molecule has 7 N–H and O–H groups in total. The Balaban J connectivity index is 1.27. The number of fused-ring (bicyclic) bond motifs is 1. The molecule has 18 atom stereocenters. The van der Waals surface area contributed by atoms with Gasteiger partial charge < -0.3 is 83.4 Å². The molecule has 22 heteroatoms. The lowest BCUT2D eigenvalue weighted by molar-refractivity contribution is -0.318. The number of likely N-dealkylation sites (N-methyl/N-ethyl adjacent to an activating group) is 1. The van der Waals surface area contributed by atoms with Crippen LogP contribution in [0, 0.1) is 23.7 Å². The van der Waals surface area contributed by atoms with Crippen LogP contribution in [0.1, 0.15) is 131 Å². The van der Waals surface area contributed by atoms with Crippen LogP contribution in [0.4, 0.5) is 0 Å². The van der Waals surface area contributed by atoms with Crippen LogP contribution in [0.3, 0.4) is 0 Å². The maximum atomic E-state index is 14.5. The highest BCUT2D eigenvalue weighted by molar-refractivity contribution is 5.92. The smallest absolute Gasteiger partial charge is 0.341 e. The summed E-state index contributed by atoms with van der Waals surface area (Å²) in [6.07, 6.45) is -7.65. The lowest BCUT2D eigenvalue weighted by Crippen LogP contribution is -2.61. The van der Waals surface area contributed by atoms with E-state index in [0.29, 0.717) is 63.0 Å². The number of oxime groups is 1. The largest absolute Gasteiger partial charge is 0.477 e. The van der Waals surface area contributed by atoms with E-state index in [1.807, 2.05) is 45.0 Å². The van der Waals surface area contributed by atoms with Crippen LogP contribution >= 0.6 is 0 Å². The number of aromatic carboxylic acids is 1. The van der Waals surface area contributed by atoms with Crippen LogP contribution < -0.4 is 10.7 Å². The number of aliphatic hydroxyl groups excluding tert-OH is 2. The van der Waals surface area contributed by atoms with Crippen molar-refractivity contribution < 1.29 is 83.0 Å². The summed E-state index contributed by atoms with van der Waals surface area (Å²) in [6.45, 7) is 20.5. The third kappa shape index (κ3) is 15.7. The number of nitrogens with zero attached hydrogens (tertiary/aromatic N) is 3. The molecule has 22 nitrogen and oxygen atoms in total. The molecule has 0 saturated carbocycles. The lowest BCUT2D eigenvalue weighted by atomic mass is 9.73. The zero-order chi connectivity index (χ0) is 58.9. The van der Waals surface area contributed by atoms with E-state index in [2.05, 4.69) is 10.5 Å². The molecule has 3 aliphatic rings. The molecule has 4 heterocycles. The van der Waals surface area contributed by atoms with Gasteiger partial charge in [0, 0.05) is 75.2 Å². The molecule has 3 fully saturated rings. The van der Waals surface area contributed by atoms with E-state index in [4.69, 9.17) is 37.9 Å². The van der Waals surface area contributed by atoms with Crippen molar-refractivity contribution >= 4 is 34.5 Å². The number of hydrogen-bond acceptors (Lipinski definition) is 20. The maximum Gasteiger partial charge on any atom is 0.341 e. The SMILES string of the molecule is CC[C@H]1OC(=O)[C@H](C)[C@@H](O[C@H]2C[C@@](C)(OC)[C@@H](OC(=O)CCNCCOCCCc3ccc4c(c3)c(=O)c(C(=O)O)cn4CC)[C@H](C)O2)[C@H](C)[C@@H](O[C@H]2O[C@@H](C)C[C@H](N(C)C)[C@H]2O)[C@](C)(O)C[C@@H](C)/C(=N\O)[C@@H](C)[C@@H](O)[C@]1(C)O. The van der Waals surface area contributed by atoms with Crippen molar-refractivity contribution in [3.63, 3.8) is 0 Å². The summed E-state index contributed by atoms with van der Waals surface area (Å²) in [4.78, 5) is 54.4. The van der Waals surface area contributed by atoms with E-state index >= 15 is 0 Å². The lowest BCUT2D eigenvalue weighted by Gasteiger charge is -2.49. The van der Waals surface area contributed by atoms with Gasteiger partial charge in [0.1, 0.15) is 29.0 Å². The van der Waals surface area contributed by atoms with Crippen molar-refractivity contribution in [2.45, 2.75) is 212 Å². The minimum absolute atomic E-state index is 0.00947. The second-order valence-electron chi connectivity index (χ2n) is 23.1. The van der Waals surface area contributed by atoms with Gasteiger partial charge in [-0.3, -0.25) is 14.4 Å². The van der Waals surface area contributed by atoms with Crippen molar-refractivity contribution in [2.24, 2.45) is 28.8 Å². The second kappa shape index (κ2) is 28.2. The van der Waals surface area contributed by atoms with Crippen molar-refractivity contribution in [3.8, 4) is 0 Å². The number of hydrogen-bond donors (Lipinski definition) is 7. The van der Waals surface area contributed by atoms with Gasteiger partial charge in [0.25, 0.3) is 0 Å². The van der Waals surface area contributed by atoms with Crippen LogP contribution in [0.5, 0.6) is 0 Å². The molecule has 0 bridgehead atoms. The van der Waals surface area contributed by atoms with E-state index in [-0.39, 0.29) is 49.1 Å². The summed E-state index contributed by atoms with van der Waals surface area (Å²) in [6, 6.07) is 5.14. The van der Waals surface area contributed by atoms with E-state index in [0.717, 1.165) is 5.56 Å². The number of rotatable bonds is 20. The van der Waals surface area contributed by atoms with E-state index in [1.165, 1.54) is 27.2 Å². The maximum absolute atomic E-state index is 14.5. The quantitative estimate of drug-likeness (QED) is 0.0422. The minimum Gasteiger partial charge on any atom is -0.477 e. The fraction of sp³-hybridized carbons (Fsp3) is 0.772. The predicted molar refractivity (Wildman–Crippen MR) is 292 cm³/mol. The first-order chi connectivity index (χ1) is 37.1. The summed E-state index contributed by atoms with van der Waals surface area (Å²) in [5.74, 6) is -6.33. The summed E-state index contributed by atoms with van der Waals surface area (Å²) in [7, 11) is 5.16. The van der Waals surface area contributed by atoms with Crippen LogP contribution in [-0.2, 0) is 60.4 Å². The Labute approximate surface area is 465 Å². The van der Waals surface area contributed by atoms with Gasteiger partial charge in [-0.1, -0.05) is 38.9 Å². The first kappa shape index (κ1) is 65.6. The highest BCUT2D eigenvalue weighted by Gasteiger charge is 2.54. The standard InChI is InChI=1S/C57H92N4O18/c1-15-42-57(11,70)49(65)33(5)45(59-71)31(3)28-55(9,69)50(79-54-47(64)41(60(12)13)26-32(4)74-54)34(6)48(35(7)53(68)76-42)78-44-29-56(10,72-14)51(36(8)75-44)77-43(62)21-22-58-23-25-73-24-17-18-37-19-20-40-38(27-37)46(63)39(52(66)67)30-61(40)16-2/h19-20,27,30-36,41-42,44,47-51,54,58,64-65,69-71H,15-18,21-26,28-29H2,1-14H3,(H,66,67)/b59-45+/t31-,32+,33-,34+,35-,36+,41+,42-,44+,47-,48+,49-,50-,51+,54-,55-,56-,57-/m1/s1. The fourth-order valence-corrected chi connectivity index (χ4v) is 12.0. The number of carboxylic acid groups (broad SMARTS) is 1. The molecule has 79 heavy (non-hydrogen) atoms. The Bertz CT molecular complexity index is 2430. The zero-order valence-corrected chi connectivity index (χ0v) is 48.9. The highest BCUT2D eigenvalue weighted by atomic mass is 16.7. The molecule has 0 unspecified atom stereocenters. The Morgan fingerprint density at radius 1 is 0.937 bits per heavy atom. The van der Waals surface area contributed by atoms with Crippen LogP contribution in [0.2, 0.25) is 0 Å². The number of carbonyl (C=O) groups is 3. The number of aryl methyl sites for hydroxylation is 2. The molecular weight excluding hydrogens is 1030 g/mol. The van der Waals surface area contributed by atoms with Gasteiger partial charge in [-0.05, 0) is 112 Å². The minimum atomic E-state index is -2.03. The molecule has 2 aromatic rings. The Morgan fingerprint density at radius 3 is 2.25 bits per heavy atom. The number of benzene rings is 1. The second-order valence-corrected chi connectivity index (χ2v) is 23.1. The number of methoxy groups -OCH3 is 1. The first-order valence-corrected chi connectivity index (χ1v) is 28.0. The van der Waals surface area contributed by atoms with Gasteiger partial charge >= 0.3 is 17.9 Å². The number of cyclic esters (lactones) is 1. The predicted octanol–water partition coefficient (Wildman–Crippen LogP) is 4.26. The number of nitrogens with one attached hydrogen (secondary N) is 1. The summed E-state index contributed by atoms with van der Waals surface area (Å²) in [5, 5.41) is 75.1. The normalized spacial score (nSPS) is 36.7. The number of esters is 2. The van der Waals surface area contributed by atoms with Crippen molar-refractivity contribution in [2.75, 3.05) is 47.5 Å². The van der Waals surface area contributed by atoms with Crippen LogP contribution in [0.15, 0.2) is 34.3 Å². The van der Waals surface area contributed by atoms with Gasteiger partial charge in [0.05, 0.1) is 66.3 Å². The average Bonchev–Trinajstić information content (AvgIpc) is 3.45. The number of pyridine rings is 1. The van der Waals surface area contributed by atoms with Gasteiger partial charge in [-0.25, -0.2) is 4.79 Å². The molecule has 0 radical (unpaired) electrons. The zero-order valence-electron chi connectivity index (χ0n) is 48.9. The molecular formula is C57H92N4O18. The molecule has 0 spiro atoms. The Kier molecular flexibility index (Phi) is 23.4. The Hall–Kier alpha value is -4.17. The fourth-order valence-electron chi connectivity index (χ4n) is 12.0. The molecule has 3 saturated heterocycles. The van der Waals surface area contributed by atoms with Gasteiger partial charge in [0.15, 0.2) is 18.7 Å². The topological polar surface area (TPSA) is 296 Å². The molecule has 1 aromatic carbocycles. The van der Waals surface area contributed by atoms with Gasteiger partial charge in [-0.15, -0.1) is 0 Å². The molecule has 0 aliphatic carbocycles. The summed E-state index contributed by atoms with van der Waals surface area (Å²) < 4.78 is 52.1. The molecule has 448 valence electrons. The number of aliphatic hydroxyl groups is 4. The number of ether oxygens (including phenoxy) is 8. The number of aromatic nitrogens is 1. The van der Waals surface area contributed by atoms with Gasteiger partial charge in [-0.2, -0.15) is 0 Å². The third-order valence-electron chi connectivity index (χ3n) is 16.6. The van der Waals surface area contributed by atoms with Crippen molar-refractivity contribution in [3.05, 3.63) is 45.7 Å². The monoisotopic (exact) mass is 1120 g/mol. The number of carboxylic acids is 1. The summed E-state index contributed by atoms with van der Waals surface area (Å²) in [5.41, 5.74) is -4.17. The highest BCUT2D eigenvalue weighted by Crippen LogP contribution is 2.42. The van der Waals surface area contributed by atoms with Crippen molar-refractivity contribution in [1.82, 2.24) is 14.8 Å². The number of carbonyl (C=O) groups excluding carboxylic acids is 2. The van der Waals surface area contributed by atoms with Crippen LogP contribution in [-0.4, -0.2) is 196 Å². The average molecular weight is 1120 g/mol.